The van der Waals surface area contributed by atoms with Crippen LogP contribution in [-0.4, -0.2) is 19.1 Å². The average Bonchev–Trinajstić information content (AvgIpc) is 2.69. The first-order chi connectivity index (χ1) is 7.15. The van der Waals surface area contributed by atoms with Crippen LogP contribution in [0.15, 0.2) is 28.7 Å². The van der Waals surface area contributed by atoms with Gasteiger partial charge >= 0.3 is 0 Å². The van der Waals surface area contributed by atoms with E-state index in [0.717, 1.165) is 10.0 Å². The monoisotopic (exact) mass is 269 g/mol. The average molecular weight is 270 g/mol. The third-order valence-electron chi connectivity index (χ3n) is 2.89. The zero-order valence-corrected chi connectivity index (χ0v) is 9.79. The standard InChI is InChI=1S/C11H12BrNO2/c12-9-3-1-8(2-4-9)11(10(13)14)5-6-15-7-11/h1-4H,5-7H2,(H2,13,14). The van der Waals surface area contributed by atoms with E-state index in [1.807, 2.05) is 24.3 Å². The fraction of sp³-hybridized carbons (Fsp3) is 0.364. The number of amides is 1. The van der Waals surface area contributed by atoms with Gasteiger partial charge in [-0.1, -0.05) is 28.1 Å². The van der Waals surface area contributed by atoms with E-state index >= 15 is 0 Å². The highest BCUT2D eigenvalue weighted by molar-refractivity contribution is 9.10. The van der Waals surface area contributed by atoms with E-state index in [1.165, 1.54) is 0 Å². The van der Waals surface area contributed by atoms with E-state index in [2.05, 4.69) is 15.9 Å². The maximum atomic E-state index is 11.5. The molecule has 1 aromatic rings. The number of hydrogen-bond acceptors (Lipinski definition) is 2. The minimum absolute atomic E-state index is 0.303. The molecule has 1 atom stereocenters. The van der Waals surface area contributed by atoms with E-state index in [0.29, 0.717) is 19.6 Å². The van der Waals surface area contributed by atoms with Crippen LogP contribution < -0.4 is 5.73 Å². The number of rotatable bonds is 2. The Bertz CT molecular complexity index is 369. The van der Waals surface area contributed by atoms with Gasteiger partial charge in [0.25, 0.3) is 0 Å². The quantitative estimate of drug-likeness (QED) is 0.887. The number of ether oxygens (including phenoxy) is 1. The molecule has 15 heavy (non-hydrogen) atoms. The largest absolute Gasteiger partial charge is 0.380 e. The smallest absolute Gasteiger partial charge is 0.230 e. The molecule has 1 fully saturated rings. The lowest BCUT2D eigenvalue weighted by Crippen LogP contribution is -2.41. The molecule has 3 nitrogen and oxygen atoms in total. The van der Waals surface area contributed by atoms with Gasteiger partial charge in [0.15, 0.2) is 0 Å². The maximum Gasteiger partial charge on any atom is 0.230 e. The van der Waals surface area contributed by atoms with Crippen LogP contribution in [0.4, 0.5) is 0 Å². The highest BCUT2D eigenvalue weighted by atomic mass is 79.9. The third kappa shape index (κ3) is 1.79. The van der Waals surface area contributed by atoms with Crippen LogP contribution in [0.1, 0.15) is 12.0 Å². The first kappa shape index (κ1) is 10.6. The zero-order valence-electron chi connectivity index (χ0n) is 8.20. The summed E-state index contributed by atoms with van der Waals surface area (Å²) in [5.41, 5.74) is 5.79. The Hall–Kier alpha value is -0.870. The van der Waals surface area contributed by atoms with Crippen molar-refractivity contribution in [3.63, 3.8) is 0 Å². The Kier molecular flexibility index (Phi) is 2.80. The van der Waals surface area contributed by atoms with Crippen LogP contribution in [0.3, 0.4) is 0 Å². The Morgan fingerprint density at radius 2 is 2.07 bits per heavy atom. The van der Waals surface area contributed by atoms with Crippen molar-refractivity contribution in [3.8, 4) is 0 Å². The summed E-state index contributed by atoms with van der Waals surface area (Å²) in [7, 11) is 0. The van der Waals surface area contributed by atoms with Crippen molar-refractivity contribution in [3.05, 3.63) is 34.3 Å². The predicted molar refractivity (Wildman–Crippen MR) is 60.5 cm³/mol. The minimum atomic E-state index is -0.624. The van der Waals surface area contributed by atoms with E-state index in [1.54, 1.807) is 0 Å². The Labute approximate surface area is 96.7 Å². The fourth-order valence-corrected chi connectivity index (χ4v) is 2.16. The lowest BCUT2D eigenvalue weighted by Gasteiger charge is -2.23. The Morgan fingerprint density at radius 3 is 2.53 bits per heavy atom. The van der Waals surface area contributed by atoms with Crippen LogP contribution in [0.25, 0.3) is 0 Å². The molecule has 4 heteroatoms. The van der Waals surface area contributed by atoms with Crippen molar-refractivity contribution in [1.29, 1.82) is 0 Å². The molecule has 1 unspecified atom stereocenters. The number of nitrogens with two attached hydrogens (primary N) is 1. The van der Waals surface area contributed by atoms with Crippen LogP contribution in [0.5, 0.6) is 0 Å². The Morgan fingerprint density at radius 1 is 1.40 bits per heavy atom. The molecule has 0 radical (unpaired) electrons. The summed E-state index contributed by atoms with van der Waals surface area (Å²) in [5.74, 6) is -0.303. The van der Waals surface area contributed by atoms with Gasteiger partial charge in [0.1, 0.15) is 0 Å². The molecule has 0 bridgehead atoms. The molecule has 1 aliphatic rings. The number of halogens is 1. The molecule has 1 aliphatic heterocycles. The van der Waals surface area contributed by atoms with Gasteiger partial charge in [-0.2, -0.15) is 0 Å². The van der Waals surface area contributed by atoms with Crippen molar-refractivity contribution < 1.29 is 9.53 Å². The van der Waals surface area contributed by atoms with Gasteiger partial charge in [0, 0.05) is 11.1 Å². The molecule has 2 N–H and O–H groups in total. The number of benzene rings is 1. The van der Waals surface area contributed by atoms with E-state index in [-0.39, 0.29) is 5.91 Å². The summed E-state index contributed by atoms with van der Waals surface area (Å²) >= 11 is 3.36. The van der Waals surface area contributed by atoms with E-state index in [9.17, 15) is 4.79 Å². The minimum Gasteiger partial charge on any atom is -0.380 e. The second-order valence-electron chi connectivity index (χ2n) is 3.76. The second-order valence-corrected chi connectivity index (χ2v) is 4.67. The van der Waals surface area contributed by atoms with E-state index in [4.69, 9.17) is 10.5 Å². The van der Waals surface area contributed by atoms with Crippen molar-refractivity contribution in [1.82, 2.24) is 0 Å². The summed E-state index contributed by atoms with van der Waals surface area (Å²) in [4.78, 5) is 11.5. The molecule has 1 aromatic carbocycles. The van der Waals surface area contributed by atoms with Gasteiger partial charge in [0.2, 0.25) is 5.91 Å². The third-order valence-corrected chi connectivity index (χ3v) is 3.42. The highest BCUT2D eigenvalue weighted by Gasteiger charge is 2.42. The molecule has 1 saturated heterocycles. The van der Waals surface area contributed by atoms with Gasteiger partial charge in [-0.25, -0.2) is 0 Å². The summed E-state index contributed by atoms with van der Waals surface area (Å²) in [6.07, 6.45) is 0.671. The molecule has 0 saturated carbocycles. The molecular formula is C11H12BrNO2. The first-order valence-electron chi connectivity index (χ1n) is 4.79. The molecule has 0 aromatic heterocycles. The van der Waals surface area contributed by atoms with Crippen molar-refractivity contribution in [2.45, 2.75) is 11.8 Å². The second kappa shape index (κ2) is 3.94. The van der Waals surface area contributed by atoms with Crippen LogP contribution in [0.2, 0.25) is 0 Å². The summed E-state index contributed by atoms with van der Waals surface area (Å²) < 4.78 is 6.28. The molecule has 1 amide bonds. The SMILES string of the molecule is NC(=O)C1(c2ccc(Br)cc2)CCOC1. The lowest BCUT2D eigenvalue weighted by molar-refractivity contribution is -0.123. The summed E-state index contributed by atoms with van der Waals surface area (Å²) in [6.45, 7) is 0.989. The molecule has 2 rings (SSSR count). The normalized spacial score (nSPS) is 25.4. The van der Waals surface area contributed by atoms with Crippen LogP contribution >= 0.6 is 15.9 Å². The first-order valence-corrected chi connectivity index (χ1v) is 5.58. The number of carbonyl (C=O) groups is 1. The van der Waals surface area contributed by atoms with Gasteiger partial charge in [0.05, 0.1) is 12.0 Å². The Balaban J connectivity index is 2.41. The number of hydrogen-bond donors (Lipinski definition) is 1. The lowest BCUT2D eigenvalue weighted by atomic mass is 9.79. The van der Waals surface area contributed by atoms with E-state index < -0.39 is 5.41 Å². The molecular weight excluding hydrogens is 258 g/mol. The fourth-order valence-electron chi connectivity index (χ4n) is 1.90. The van der Waals surface area contributed by atoms with Crippen LogP contribution in [0, 0.1) is 0 Å². The van der Waals surface area contributed by atoms with Crippen molar-refractivity contribution in [2.75, 3.05) is 13.2 Å². The van der Waals surface area contributed by atoms with Gasteiger partial charge in [-0.15, -0.1) is 0 Å². The van der Waals surface area contributed by atoms with Gasteiger partial charge < -0.3 is 10.5 Å². The molecule has 1 heterocycles. The summed E-state index contributed by atoms with van der Waals surface area (Å²) in [6, 6.07) is 7.67. The predicted octanol–water partition coefficient (Wildman–Crippen LogP) is 1.59. The van der Waals surface area contributed by atoms with Crippen LogP contribution in [-0.2, 0) is 14.9 Å². The van der Waals surface area contributed by atoms with Gasteiger partial charge in [-0.05, 0) is 24.1 Å². The number of primary amides is 1. The molecule has 0 aliphatic carbocycles. The van der Waals surface area contributed by atoms with Crippen molar-refractivity contribution in [2.24, 2.45) is 5.73 Å². The van der Waals surface area contributed by atoms with Crippen molar-refractivity contribution >= 4 is 21.8 Å². The maximum absolute atomic E-state index is 11.5. The number of carbonyl (C=O) groups excluding carboxylic acids is 1. The summed E-state index contributed by atoms with van der Waals surface area (Å²) in [5, 5.41) is 0. The van der Waals surface area contributed by atoms with Gasteiger partial charge in [-0.3, -0.25) is 4.79 Å². The molecule has 80 valence electrons. The topological polar surface area (TPSA) is 52.3 Å². The highest BCUT2D eigenvalue weighted by Crippen LogP contribution is 2.33. The zero-order chi connectivity index (χ0) is 10.9. The molecule has 0 spiro atoms.